The summed E-state index contributed by atoms with van der Waals surface area (Å²) in [7, 11) is 3.51. The number of benzene rings is 1. The average Bonchev–Trinajstić information content (AvgIpc) is 2.45. The summed E-state index contributed by atoms with van der Waals surface area (Å²) in [5.41, 5.74) is 1.17. The quantitative estimate of drug-likeness (QED) is 0.862. The van der Waals surface area contributed by atoms with Gasteiger partial charge >= 0.3 is 0 Å². The Balaban J connectivity index is 2.03. The number of aryl methyl sites for hydroxylation is 1. The van der Waals surface area contributed by atoms with Gasteiger partial charge in [-0.05, 0) is 24.6 Å². The standard InChI is InChI=1S/C14H18N4O/c1-10-17-13(15-2)8-14(18-10)16-9-11-4-6-12(19-3)7-5-11/h4-8H,9H2,1-3H3,(H2,15,16,17,18). The van der Waals surface area contributed by atoms with Gasteiger partial charge in [-0.2, -0.15) is 0 Å². The lowest BCUT2D eigenvalue weighted by molar-refractivity contribution is 0.414. The summed E-state index contributed by atoms with van der Waals surface area (Å²) >= 11 is 0. The number of anilines is 2. The number of nitrogens with one attached hydrogen (secondary N) is 2. The van der Waals surface area contributed by atoms with E-state index in [-0.39, 0.29) is 0 Å². The zero-order valence-corrected chi connectivity index (χ0v) is 11.4. The van der Waals surface area contributed by atoms with Gasteiger partial charge in [0, 0.05) is 19.7 Å². The number of hydrogen-bond acceptors (Lipinski definition) is 5. The fourth-order valence-electron chi connectivity index (χ4n) is 1.72. The average molecular weight is 258 g/mol. The Hall–Kier alpha value is -2.30. The number of nitrogens with zero attached hydrogens (tertiary/aromatic N) is 2. The van der Waals surface area contributed by atoms with Crippen LogP contribution in [0.4, 0.5) is 11.6 Å². The van der Waals surface area contributed by atoms with Crippen molar-refractivity contribution in [3.63, 3.8) is 0 Å². The molecular formula is C14H18N4O. The first-order chi connectivity index (χ1) is 9.21. The largest absolute Gasteiger partial charge is 0.497 e. The van der Waals surface area contributed by atoms with Crippen LogP contribution in [0.1, 0.15) is 11.4 Å². The predicted molar refractivity (Wildman–Crippen MR) is 76.6 cm³/mol. The maximum Gasteiger partial charge on any atom is 0.132 e. The monoisotopic (exact) mass is 258 g/mol. The van der Waals surface area contributed by atoms with E-state index < -0.39 is 0 Å². The Labute approximate surface area is 113 Å². The molecule has 0 amide bonds. The lowest BCUT2D eigenvalue weighted by Crippen LogP contribution is -2.05. The molecule has 1 heterocycles. The molecule has 0 aliphatic carbocycles. The topological polar surface area (TPSA) is 59.1 Å². The Bertz CT molecular complexity index is 540. The van der Waals surface area contributed by atoms with Gasteiger partial charge in [-0.25, -0.2) is 9.97 Å². The van der Waals surface area contributed by atoms with Crippen LogP contribution in [0.5, 0.6) is 5.75 Å². The van der Waals surface area contributed by atoms with Crippen molar-refractivity contribution in [1.29, 1.82) is 0 Å². The third kappa shape index (κ3) is 3.58. The molecular weight excluding hydrogens is 240 g/mol. The molecule has 0 radical (unpaired) electrons. The van der Waals surface area contributed by atoms with E-state index in [0.29, 0.717) is 6.54 Å². The normalized spacial score (nSPS) is 10.1. The van der Waals surface area contributed by atoms with Crippen LogP contribution in [0.25, 0.3) is 0 Å². The highest BCUT2D eigenvalue weighted by atomic mass is 16.5. The Morgan fingerprint density at radius 1 is 1.11 bits per heavy atom. The molecule has 5 nitrogen and oxygen atoms in total. The number of ether oxygens (including phenoxy) is 1. The molecule has 2 N–H and O–H groups in total. The van der Waals surface area contributed by atoms with Crippen molar-refractivity contribution < 1.29 is 4.74 Å². The minimum absolute atomic E-state index is 0.712. The van der Waals surface area contributed by atoms with Crippen molar-refractivity contribution in [2.45, 2.75) is 13.5 Å². The lowest BCUT2D eigenvalue weighted by Gasteiger charge is -2.09. The Kier molecular flexibility index (Phi) is 4.18. The molecule has 0 bridgehead atoms. The first-order valence-corrected chi connectivity index (χ1v) is 6.11. The zero-order valence-electron chi connectivity index (χ0n) is 11.4. The van der Waals surface area contributed by atoms with Gasteiger partial charge in [0.2, 0.25) is 0 Å². The number of methoxy groups -OCH3 is 1. The van der Waals surface area contributed by atoms with E-state index in [1.54, 1.807) is 7.11 Å². The molecule has 0 fully saturated rings. The molecule has 5 heteroatoms. The van der Waals surface area contributed by atoms with Gasteiger partial charge in [-0.15, -0.1) is 0 Å². The van der Waals surface area contributed by atoms with E-state index in [1.807, 2.05) is 44.3 Å². The first-order valence-electron chi connectivity index (χ1n) is 6.11. The maximum atomic E-state index is 5.13. The van der Waals surface area contributed by atoms with Gasteiger partial charge in [0.25, 0.3) is 0 Å². The van der Waals surface area contributed by atoms with E-state index in [0.717, 1.165) is 23.2 Å². The smallest absolute Gasteiger partial charge is 0.132 e. The summed E-state index contributed by atoms with van der Waals surface area (Å²) in [5, 5.41) is 6.30. The zero-order chi connectivity index (χ0) is 13.7. The lowest BCUT2D eigenvalue weighted by atomic mass is 10.2. The third-order valence-electron chi connectivity index (χ3n) is 2.73. The van der Waals surface area contributed by atoms with E-state index in [9.17, 15) is 0 Å². The highest BCUT2D eigenvalue weighted by molar-refractivity contribution is 5.47. The number of rotatable bonds is 5. The summed E-state index contributed by atoms with van der Waals surface area (Å²) in [6.07, 6.45) is 0. The van der Waals surface area contributed by atoms with Crippen molar-refractivity contribution in [3.8, 4) is 5.75 Å². The Morgan fingerprint density at radius 2 is 1.79 bits per heavy atom. The third-order valence-corrected chi connectivity index (χ3v) is 2.73. The van der Waals surface area contributed by atoms with Crippen molar-refractivity contribution in [1.82, 2.24) is 9.97 Å². The summed E-state index contributed by atoms with van der Waals surface area (Å²) < 4.78 is 5.13. The molecule has 100 valence electrons. The van der Waals surface area contributed by atoms with Crippen LogP contribution in [0.3, 0.4) is 0 Å². The maximum absolute atomic E-state index is 5.13. The molecule has 1 aromatic carbocycles. The fraction of sp³-hybridized carbons (Fsp3) is 0.286. The molecule has 0 saturated heterocycles. The molecule has 0 aliphatic heterocycles. The molecule has 2 aromatic rings. The first kappa shape index (κ1) is 13.1. The summed E-state index contributed by atoms with van der Waals surface area (Å²) in [4.78, 5) is 8.59. The number of aromatic nitrogens is 2. The van der Waals surface area contributed by atoms with Crippen molar-refractivity contribution in [3.05, 3.63) is 41.7 Å². The van der Waals surface area contributed by atoms with E-state index in [2.05, 4.69) is 20.6 Å². The van der Waals surface area contributed by atoms with E-state index >= 15 is 0 Å². The van der Waals surface area contributed by atoms with Crippen LogP contribution >= 0.6 is 0 Å². The predicted octanol–water partition coefficient (Wildman–Crippen LogP) is 2.45. The van der Waals surface area contributed by atoms with Gasteiger partial charge < -0.3 is 15.4 Å². The molecule has 0 saturated carbocycles. The van der Waals surface area contributed by atoms with Crippen LogP contribution in [-0.4, -0.2) is 24.1 Å². The second-order valence-electron chi connectivity index (χ2n) is 4.14. The van der Waals surface area contributed by atoms with Crippen LogP contribution in [-0.2, 0) is 6.54 Å². The van der Waals surface area contributed by atoms with E-state index in [4.69, 9.17) is 4.74 Å². The van der Waals surface area contributed by atoms with Crippen LogP contribution < -0.4 is 15.4 Å². The summed E-state index contributed by atoms with van der Waals surface area (Å²) in [6.45, 7) is 2.59. The molecule has 0 atom stereocenters. The van der Waals surface area contributed by atoms with Crippen LogP contribution in [0.2, 0.25) is 0 Å². The molecule has 2 rings (SSSR count). The molecule has 1 aromatic heterocycles. The van der Waals surface area contributed by atoms with Crippen molar-refractivity contribution in [2.75, 3.05) is 24.8 Å². The Morgan fingerprint density at radius 3 is 2.42 bits per heavy atom. The molecule has 0 spiro atoms. The molecule has 0 aliphatic rings. The number of hydrogen-bond donors (Lipinski definition) is 2. The molecule has 19 heavy (non-hydrogen) atoms. The summed E-state index contributed by atoms with van der Waals surface area (Å²) in [5.74, 6) is 3.22. The second-order valence-corrected chi connectivity index (χ2v) is 4.14. The minimum Gasteiger partial charge on any atom is -0.497 e. The van der Waals surface area contributed by atoms with Gasteiger partial charge in [0.1, 0.15) is 23.2 Å². The highest BCUT2D eigenvalue weighted by Gasteiger charge is 2.00. The fourth-order valence-corrected chi connectivity index (χ4v) is 1.72. The van der Waals surface area contributed by atoms with Gasteiger partial charge in [0.05, 0.1) is 7.11 Å². The van der Waals surface area contributed by atoms with Crippen LogP contribution in [0, 0.1) is 6.92 Å². The van der Waals surface area contributed by atoms with Crippen molar-refractivity contribution >= 4 is 11.6 Å². The SMILES string of the molecule is CNc1cc(NCc2ccc(OC)cc2)nc(C)n1. The van der Waals surface area contributed by atoms with Crippen LogP contribution in [0.15, 0.2) is 30.3 Å². The molecule has 0 unspecified atom stereocenters. The van der Waals surface area contributed by atoms with Crippen molar-refractivity contribution in [2.24, 2.45) is 0 Å². The minimum atomic E-state index is 0.712. The van der Waals surface area contributed by atoms with Gasteiger partial charge in [-0.1, -0.05) is 12.1 Å². The summed E-state index contributed by atoms with van der Waals surface area (Å²) in [6, 6.07) is 9.83. The van der Waals surface area contributed by atoms with E-state index in [1.165, 1.54) is 5.56 Å². The highest BCUT2D eigenvalue weighted by Crippen LogP contribution is 2.14. The van der Waals surface area contributed by atoms with Gasteiger partial charge in [0.15, 0.2) is 0 Å². The second kappa shape index (κ2) is 6.04. The van der Waals surface area contributed by atoms with Gasteiger partial charge in [-0.3, -0.25) is 0 Å².